The Bertz CT molecular complexity index is 3060. The minimum Gasteiger partial charge on any atom is -0.308 e. The summed E-state index contributed by atoms with van der Waals surface area (Å²) in [5.41, 5.74) is 16.6. The Morgan fingerprint density at radius 3 is 1.38 bits per heavy atom. The molecule has 2 unspecified atom stereocenters. The largest absolute Gasteiger partial charge is 0.308 e. The van der Waals surface area contributed by atoms with Gasteiger partial charge in [0.05, 0.1) is 20.2 Å². The fourth-order valence-electron chi connectivity index (χ4n) is 10.4. The highest BCUT2D eigenvalue weighted by Gasteiger charge is 2.54. The van der Waals surface area contributed by atoms with Gasteiger partial charge in [-0.25, -0.2) is 0 Å². The second kappa shape index (κ2) is 14.6. The monoisotopic (exact) mass is 845 g/mol. The van der Waals surface area contributed by atoms with Crippen LogP contribution in [0.15, 0.2) is 145 Å². The van der Waals surface area contributed by atoms with Crippen molar-refractivity contribution in [2.45, 2.75) is 49.9 Å². The third-order valence-corrected chi connectivity index (χ3v) is 17.7. The number of rotatable bonds is 12. The summed E-state index contributed by atoms with van der Waals surface area (Å²) in [5.74, 6) is 0. The first-order chi connectivity index (χ1) is 29.5. The van der Waals surface area contributed by atoms with Gasteiger partial charge in [0.2, 0.25) is 0 Å². The van der Waals surface area contributed by atoms with Crippen LogP contribution in [0, 0.1) is 5.41 Å². The molecule has 1 nitrogen and oxygen atoms in total. The van der Waals surface area contributed by atoms with Crippen LogP contribution < -0.4 is 0 Å². The lowest BCUT2D eigenvalue weighted by Gasteiger charge is -2.35. The van der Waals surface area contributed by atoms with Gasteiger partial charge in [-0.2, -0.15) is 0 Å². The van der Waals surface area contributed by atoms with Crippen molar-refractivity contribution >= 4 is 82.5 Å². The second-order valence-electron chi connectivity index (χ2n) is 16.2. The van der Waals surface area contributed by atoms with E-state index in [1.807, 2.05) is 57.5 Å². The summed E-state index contributed by atoms with van der Waals surface area (Å²) >= 11 is 7.63. The number of hydrogen-bond donors (Lipinski definition) is 1. The van der Waals surface area contributed by atoms with E-state index in [1.165, 1.54) is 122 Å². The molecule has 0 amide bonds. The average molecular weight is 846 g/mol. The third kappa shape index (κ3) is 5.29. The molecule has 0 fully saturated rings. The maximum atomic E-state index is 8.09. The smallest absolute Gasteiger partial charge is 0.0736 e. The lowest BCUT2D eigenvalue weighted by atomic mass is 9.65. The van der Waals surface area contributed by atoms with Gasteiger partial charge in [-0.15, -0.1) is 45.3 Å². The van der Waals surface area contributed by atoms with E-state index < -0.39 is 10.8 Å². The maximum absolute atomic E-state index is 8.09. The second-order valence-corrected chi connectivity index (χ2v) is 20.1. The minimum absolute atomic E-state index is 0.527. The molecule has 5 aromatic carbocycles. The summed E-state index contributed by atoms with van der Waals surface area (Å²) in [6, 6.07) is 46.6. The van der Waals surface area contributed by atoms with Gasteiger partial charge in [0.1, 0.15) is 0 Å². The van der Waals surface area contributed by atoms with Gasteiger partial charge < -0.3 is 5.41 Å². The molecule has 2 atom stereocenters. The van der Waals surface area contributed by atoms with Crippen molar-refractivity contribution in [3.8, 4) is 20.9 Å². The summed E-state index contributed by atoms with van der Waals surface area (Å²) in [4.78, 5) is 2.73. The third-order valence-electron chi connectivity index (χ3n) is 13.2. The SMILES string of the molecule is C=Cc1ccc(C2(c3ccc(C=N)cc3)c3cc4c(cc3-c3sc5ccsc5c32)C(c2ccc(C=C)cc2)(c2ccc(CCCCCC)cc2)c2c-4sc3ccsc23)cc1. The molecule has 0 saturated carbocycles. The maximum Gasteiger partial charge on any atom is 0.0736 e. The predicted octanol–water partition coefficient (Wildman–Crippen LogP) is 16.4. The number of unbranched alkanes of at least 4 members (excludes halogenated alkanes) is 3. The first kappa shape index (κ1) is 37.6. The van der Waals surface area contributed by atoms with Gasteiger partial charge >= 0.3 is 0 Å². The van der Waals surface area contributed by atoms with Crippen LogP contribution in [0.3, 0.4) is 0 Å². The van der Waals surface area contributed by atoms with E-state index in [4.69, 9.17) is 5.41 Å². The van der Waals surface area contributed by atoms with E-state index in [1.54, 1.807) is 0 Å². The van der Waals surface area contributed by atoms with Crippen LogP contribution in [0.25, 0.3) is 51.8 Å². The highest BCUT2D eigenvalue weighted by molar-refractivity contribution is 7.30. The Morgan fingerprint density at radius 1 is 0.533 bits per heavy atom. The molecule has 9 aromatic rings. The molecule has 0 radical (unpaired) electrons. The van der Waals surface area contributed by atoms with Crippen LogP contribution in [0.1, 0.15) is 99.4 Å². The molecule has 0 saturated heterocycles. The van der Waals surface area contributed by atoms with Crippen molar-refractivity contribution in [2.24, 2.45) is 0 Å². The number of aryl methyl sites for hydroxylation is 1. The van der Waals surface area contributed by atoms with Gasteiger partial charge in [-0.3, -0.25) is 0 Å². The van der Waals surface area contributed by atoms with E-state index in [2.05, 4.69) is 152 Å². The highest BCUT2D eigenvalue weighted by atomic mass is 32.1. The van der Waals surface area contributed by atoms with Gasteiger partial charge in [0.15, 0.2) is 0 Å². The van der Waals surface area contributed by atoms with E-state index in [0.29, 0.717) is 0 Å². The van der Waals surface area contributed by atoms with Crippen LogP contribution in [-0.4, -0.2) is 6.21 Å². The Labute approximate surface area is 368 Å². The lowest BCUT2D eigenvalue weighted by molar-refractivity contribution is 0.666. The molecule has 0 bridgehead atoms. The number of nitrogens with one attached hydrogen (secondary N) is 1. The van der Waals surface area contributed by atoms with Crippen molar-refractivity contribution < 1.29 is 0 Å². The van der Waals surface area contributed by atoms with Crippen molar-refractivity contribution in [1.29, 1.82) is 5.41 Å². The average Bonchev–Trinajstić information content (AvgIpc) is 4.15. The molecule has 5 heteroatoms. The van der Waals surface area contributed by atoms with Crippen molar-refractivity contribution in [2.75, 3.05) is 0 Å². The molecule has 60 heavy (non-hydrogen) atoms. The molecule has 11 rings (SSSR count). The summed E-state index contributed by atoms with van der Waals surface area (Å²) < 4.78 is 5.42. The van der Waals surface area contributed by atoms with Gasteiger partial charge in [0, 0.05) is 36.5 Å². The van der Waals surface area contributed by atoms with Crippen molar-refractivity contribution in [3.05, 3.63) is 212 Å². The fourth-order valence-corrected chi connectivity index (χ4v) is 15.4. The molecule has 4 heterocycles. The van der Waals surface area contributed by atoms with Gasteiger partial charge in [-0.1, -0.05) is 149 Å². The molecule has 4 aromatic heterocycles. The van der Waals surface area contributed by atoms with E-state index >= 15 is 0 Å². The number of hydrogen-bond acceptors (Lipinski definition) is 5. The zero-order valence-electron chi connectivity index (χ0n) is 33.5. The minimum atomic E-state index is -0.575. The normalized spacial score (nSPS) is 17.4. The predicted molar refractivity (Wildman–Crippen MR) is 263 cm³/mol. The molecule has 0 spiro atoms. The molecule has 2 aliphatic carbocycles. The molecular formula is C55H43NS4. The first-order valence-electron chi connectivity index (χ1n) is 20.9. The summed E-state index contributed by atoms with van der Waals surface area (Å²) in [5, 5.41) is 12.6. The molecule has 2 aliphatic rings. The Morgan fingerprint density at radius 2 is 0.967 bits per heavy atom. The number of benzene rings is 5. The van der Waals surface area contributed by atoms with E-state index in [0.717, 1.165) is 23.1 Å². The van der Waals surface area contributed by atoms with Crippen LogP contribution in [0.5, 0.6) is 0 Å². The molecule has 292 valence electrons. The standard InChI is InChI=1S/C55H43NS4/c1-4-7-8-9-10-36-15-23-40(24-16-36)54(38-19-11-34(5-2)12-20-38)44-31-43-45(32-42(44)50-48(54)52-46(59-50)27-29-57-52)55(39-21-13-35(6-3)14-22-39,41-25-17-37(33-56)18-26-41)49-51(43)60-47-28-30-58-53(47)49/h5-6,11-33,56H,2-4,7-10H2,1H3. The van der Waals surface area contributed by atoms with Crippen LogP contribution in [-0.2, 0) is 17.3 Å². The summed E-state index contributed by atoms with van der Waals surface area (Å²) in [6.45, 7) is 10.5. The van der Waals surface area contributed by atoms with Crippen molar-refractivity contribution in [3.63, 3.8) is 0 Å². The number of fused-ring (bicyclic) bond motifs is 10. The summed E-state index contributed by atoms with van der Waals surface area (Å²) in [6.07, 6.45) is 11.5. The first-order valence-corrected chi connectivity index (χ1v) is 24.3. The highest BCUT2D eigenvalue weighted by Crippen LogP contribution is 2.67. The Balaban J connectivity index is 1.25. The van der Waals surface area contributed by atoms with Gasteiger partial charge in [0.25, 0.3) is 0 Å². The number of thiophene rings is 4. The van der Waals surface area contributed by atoms with Crippen molar-refractivity contribution in [1.82, 2.24) is 0 Å². The summed E-state index contributed by atoms with van der Waals surface area (Å²) in [7, 11) is 0. The molecule has 1 N–H and O–H groups in total. The quantitative estimate of drug-likeness (QED) is 0.0936. The zero-order valence-corrected chi connectivity index (χ0v) is 36.8. The Hall–Kier alpha value is -5.43. The lowest BCUT2D eigenvalue weighted by Crippen LogP contribution is -2.30. The van der Waals surface area contributed by atoms with Crippen LogP contribution in [0.2, 0.25) is 0 Å². The topological polar surface area (TPSA) is 23.9 Å². The molecular weight excluding hydrogens is 803 g/mol. The molecule has 0 aliphatic heterocycles. The van der Waals surface area contributed by atoms with E-state index in [-0.39, 0.29) is 0 Å². The fraction of sp³-hybridized carbons (Fsp3) is 0.145. The van der Waals surface area contributed by atoms with Gasteiger partial charge in [-0.05, 0) is 115 Å². The Kier molecular flexibility index (Phi) is 9.16. The van der Waals surface area contributed by atoms with Crippen LogP contribution >= 0.6 is 45.3 Å². The zero-order chi connectivity index (χ0) is 40.6. The van der Waals surface area contributed by atoms with Crippen LogP contribution in [0.4, 0.5) is 0 Å². The van der Waals surface area contributed by atoms with E-state index in [9.17, 15) is 0 Å².